The minimum atomic E-state index is 0.139. The molecule has 1 atom stereocenters. The maximum Gasteiger partial charge on any atom is 0.253 e. The van der Waals surface area contributed by atoms with Crippen molar-refractivity contribution in [1.29, 1.82) is 0 Å². The predicted octanol–water partition coefficient (Wildman–Crippen LogP) is 2.68. The minimum Gasteiger partial charge on any atom is -0.345 e. The standard InChI is InChI=1S/C15H19N3O/c1-10(2)12-5-6-18(8-12)15(19)11-3-4-13-14(7-11)17-9-16-13/h3-4,7,9-10,12H,5-6,8H2,1-2H3,(H,16,17). The molecular formula is C15H19N3O. The van der Waals surface area contributed by atoms with Crippen LogP contribution in [-0.4, -0.2) is 33.9 Å². The van der Waals surface area contributed by atoms with E-state index in [9.17, 15) is 4.79 Å². The maximum atomic E-state index is 12.5. The van der Waals surface area contributed by atoms with Crippen molar-refractivity contribution in [3.63, 3.8) is 0 Å². The van der Waals surface area contributed by atoms with Crippen LogP contribution in [0.2, 0.25) is 0 Å². The van der Waals surface area contributed by atoms with Crippen LogP contribution in [0.25, 0.3) is 11.0 Å². The van der Waals surface area contributed by atoms with Crippen LogP contribution in [0.1, 0.15) is 30.6 Å². The third-order valence-electron chi connectivity index (χ3n) is 4.12. The van der Waals surface area contributed by atoms with Gasteiger partial charge in [-0.15, -0.1) is 0 Å². The van der Waals surface area contributed by atoms with Gasteiger partial charge in [-0.1, -0.05) is 13.8 Å². The topological polar surface area (TPSA) is 49.0 Å². The molecule has 19 heavy (non-hydrogen) atoms. The smallest absolute Gasteiger partial charge is 0.253 e. The molecule has 1 unspecified atom stereocenters. The summed E-state index contributed by atoms with van der Waals surface area (Å²) in [7, 11) is 0. The van der Waals surface area contributed by atoms with E-state index in [1.54, 1.807) is 6.33 Å². The van der Waals surface area contributed by atoms with E-state index in [2.05, 4.69) is 23.8 Å². The van der Waals surface area contributed by atoms with Gasteiger partial charge in [-0.3, -0.25) is 4.79 Å². The van der Waals surface area contributed by atoms with E-state index < -0.39 is 0 Å². The number of amides is 1. The Morgan fingerprint density at radius 1 is 1.47 bits per heavy atom. The number of hydrogen-bond donors (Lipinski definition) is 1. The number of rotatable bonds is 2. The Bertz CT molecular complexity index is 602. The molecule has 4 nitrogen and oxygen atoms in total. The number of carbonyl (C=O) groups excluding carboxylic acids is 1. The van der Waals surface area contributed by atoms with E-state index in [-0.39, 0.29) is 5.91 Å². The Morgan fingerprint density at radius 3 is 3.05 bits per heavy atom. The molecule has 1 aliphatic rings. The lowest BCUT2D eigenvalue weighted by Gasteiger charge is -2.18. The van der Waals surface area contributed by atoms with E-state index in [0.717, 1.165) is 36.1 Å². The number of benzene rings is 1. The van der Waals surface area contributed by atoms with E-state index in [0.29, 0.717) is 11.8 Å². The van der Waals surface area contributed by atoms with Crippen LogP contribution in [0.3, 0.4) is 0 Å². The predicted molar refractivity (Wildman–Crippen MR) is 74.9 cm³/mol. The molecule has 1 amide bonds. The van der Waals surface area contributed by atoms with Gasteiger partial charge in [0, 0.05) is 18.7 Å². The summed E-state index contributed by atoms with van der Waals surface area (Å²) in [5.41, 5.74) is 2.57. The van der Waals surface area contributed by atoms with Gasteiger partial charge in [0.15, 0.2) is 0 Å². The van der Waals surface area contributed by atoms with Crippen molar-refractivity contribution < 1.29 is 4.79 Å². The Hall–Kier alpha value is -1.84. The number of carbonyl (C=O) groups is 1. The lowest BCUT2D eigenvalue weighted by Crippen LogP contribution is -2.29. The molecule has 3 rings (SSSR count). The maximum absolute atomic E-state index is 12.5. The van der Waals surface area contributed by atoms with Crippen molar-refractivity contribution in [2.24, 2.45) is 11.8 Å². The summed E-state index contributed by atoms with van der Waals surface area (Å²) in [5.74, 6) is 1.42. The fourth-order valence-electron chi connectivity index (χ4n) is 2.77. The van der Waals surface area contributed by atoms with Crippen LogP contribution in [0.15, 0.2) is 24.5 Å². The summed E-state index contributed by atoms with van der Waals surface area (Å²) < 4.78 is 0. The quantitative estimate of drug-likeness (QED) is 0.899. The highest BCUT2D eigenvalue weighted by Crippen LogP contribution is 2.25. The van der Waals surface area contributed by atoms with Crippen LogP contribution in [-0.2, 0) is 0 Å². The molecule has 100 valence electrons. The molecule has 1 N–H and O–H groups in total. The van der Waals surface area contributed by atoms with Gasteiger partial charge in [-0.2, -0.15) is 0 Å². The molecule has 0 saturated carbocycles. The second-order valence-corrected chi connectivity index (χ2v) is 5.68. The average molecular weight is 257 g/mol. The monoisotopic (exact) mass is 257 g/mol. The van der Waals surface area contributed by atoms with E-state index in [1.807, 2.05) is 23.1 Å². The number of likely N-dealkylation sites (tertiary alicyclic amines) is 1. The summed E-state index contributed by atoms with van der Waals surface area (Å²) in [6, 6.07) is 5.66. The van der Waals surface area contributed by atoms with Gasteiger partial charge in [0.1, 0.15) is 0 Å². The van der Waals surface area contributed by atoms with Crippen molar-refractivity contribution in [1.82, 2.24) is 14.9 Å². The zero-order valence-electron chi connectivity index (χ0n) is 11.4. The summed E-state index contributed by atoms with van der Waals surface area (Å²) in [4.78, 5) is 21.7. The van der Waals surface area contributed by atoms with E-state index in [1.165, 1.54) is 0 Å². The molecule has 0 bridgehead atoms. The zero-order chi connectivity index (χ0) is 13.4. The van der Waals surface area contributed by atoms with E-state index in [4.69, 9.17) is 0 Å². The second kappa shape index (κ2) is 4.68. The Kier molecular flexibility index (Phi) is 3.01. The second-order valence-electron chi connectivity index (χ2n) is 5.68. The lowest BCUT2D eigenvalue weighted by molar-refractivity contribution is 0.0784. The number of aromatic amines is 1. The number of nitrogens with zero attached hydrogens (tertiary/aromatic N) is 2. The number of fused-ring (bicyclic) bond motifs is 1. The fraction of sp³-hybridized carbons (Fsp3) is 0.467. The first kappa shape index (κ1) is 12.2. The highest BCUT2D eigenvalue weighted by molar-refractivity contribution is 5.97. The number of aromatic nitrogens is 2. The Labute approximate surface area is 112 Å². The Morgan fingerprint density at radius 2 is 2.32 bits per heavy atom. The molecule has 0 radical (unpaired) electrons. The lowest BCUT2D eigenvalue weighted by atomic mass is 9.95. The van der Waals surface area contributed by atoms with Gasteiger partial charge in [-0.05, 0) is 36.5 Å². The van der Waals surface area contributed by atoms with Crippen LogP contribution >= 0.6 is 0 Å². The number of nitrogens with one attached hydrogen (secondary N) is 1. The molecule has 0 spiro atoms. The van der Waals surface area contributed by atoms with Crippen LogP contribution < -0.4 is 0 Å². The summed E-state index contributed by atoms with van der Waals surface area (Å²) in [6.45, 7) is 6.23. The van der Waals surface area contributed by atoms with Crippen LogP contribution in [0.4, 0.5) is 0 Å². The first-order chi connectivity index (χ1) is 9.15. The van der Waals surface area contributed by atoms with Gasteiger partial charge in [-0.25, -0.2) is 4.98 Å². The molecule has 1 aliphatic heterocycles. The summed E-state index contributed by atoms with van der Waals surface area (Å²) >= 11 is 0. The summed E-state index contributed by atoms with van der Waals surface area (Å²) in [6.07, 6.45) is 2.78. The van der Waals surface area contributed by atoms with Gasteiger partial charge in [0.25, 0.3) is 5.91 Å². The normalized spacial score (nSPS) is 19.5. The number of H-pyrrole nitrogens is 1. The third-order valence-corrected chi connectivity index (χ3v) is 4.12. The van der Waals surface area contributed by atoms with Crippen LogP contribution in [0, 0.1) is 11.8 Å². The molecular weight excluding hydrogens is 238 g/mol. The van der Waals surface area contributed by atoms with Gasteiger partial charge in [0.05, 0.1) is 17.4 Å². The highest BCUT2D eigenvalue weighted by Gasteiger charge is 2.28. The first-order valence-electron chi connectivity index (χ1n) is 6.87. The van der Waals surface area contributed by atoms with Crippen molar-refractivity contribution in [2.45, 2.75) is 20.3 Å². The third kappa shape index (κ3) is 2.23. The van der Waals surface area contributed by atoms with Gasteiger partial charge in [0.2, 0.25) is 0 Å². The average Bonchev–Trinajstić information content (AvgIpc) is 3.06. The largest absolute Gasteiger partial charge is 0.345 e. The van der Waals surface area contributed by atoms with Crippen molar-refractivity contribution >= 4 is 16.9 Å². The number of imidazole rings is 1. The fourth-order valence-corrected chi connectivity index (χ4v) is 2.77. The van der Waals surface area contributed by atoms with Crippen molar-refractivity contribution in [2.75, 3.05) is 13.1 Å². The van der Waals surface area contributed by atoms with E-state index >= 15 is 0 Å². The molecule has 1 fully saturated rings. The molecule has 1 aromatic heterocycles. The van der Waals surface area contributed by atoms with Gasteiger partial charge < -0.3 is 9.88 Å². The molecule has 1 saturated heterocycles. The zero-order valence-corrected chi connectivity index (χ0v) is 11.4. The first-order valence-corrected chi connectivity index (χ1v) is 6.87. The van der Waals surface area contributed by atoms with Crippen molar-refractivity contribution in [3.05, 3.63) is 30.1 Å². The molecule has 0 aliphatic carbocycles. The Balaban J connectivity index is 1.80. The van der Waals surface area contributed by atoms with Gasteiger partial charge >= 0.3 is 0 Å². The molecule has 1 aromatic carbocycles. The highest BCUT2D eigenvalue weighted by atomic mass is 16.2. The minimum absolute atomic E-state index is 0.139. The SMILES string of the molecule is CC(C)C1CCN(C(=O)c2ccc3nc[nH]c3c2)C1. The molecule has 2 heterocycles. The van der Waals surface area contributed by atoms with Crippen LogP contribution in [0.5, 0.6) is 0 Å². The number of hydrogen-bond acceptors (Lipinski definition) is 2. The molecule has 4 heteroatoms. The summed E-state index contributed by atoms with van der Waals surface area (Å²) in [5, 5.41) is 0. The molecule has 2 aromatic rings. The van der Waals surface area contributed by atoms with Crippen molar-refractivity contribution in [3.8, 4) is 0 Å².